The van der Waals surface area contributed by atoms with Crippen LogP contribution in [0, 0.1) is 6.92 Å². The van der Waals surface area contributed by atoms with Crippen molar-refractivity contribution in [1.82, 2.24) is 4.98 Å². The van der Waals surface area contributed by atoms with Gasteiger partial charge in [0.05, 0.1) is 5.41 Å². The van der Waals surface area contributed by atoms with E-state index >= 15 is 0 Å². The number of benzene rings is 2. The van der Waals surface area contributed by atoms with Gasteiger partial charge in [0.25, 0.3) is 0 Å². The smallest absolute Gasteiger partial charge is 0.236 e. The van der Waals surface area contributed by atoms with E-state index in [-0.39, 0.29) is 12.7 Å². The van der Waals surface area contributed by atoms with Gasteiger partial charge in [-0.25, -0.2) is 4.98 Å². The Morgan fingerprint density at radius 1 is 1.00 bits per heavy atom. The third kappa shape index (κ3) is 3.54. The van der Waals surface area contributed by atoms with Gasteiger partial charge in [-0.3, -0.25) is 4.79 Å². The lowest BCUT2D eigenvalue weighted by atomic mass is 9.94. The highest BCUT2D eigenvalue weighted by Gasteiger charge is 2.51. The van der Waals surface area contributed by atoms with Gasteiger partial charge < -0.3 is 14.8 Å². The molecule has 2 aliphatic rings. The highest BCUT2D eigenvalue weighted by Crippen LogP contribution is 2.51. The van der Waals surface area contributed by atoms with Crippen molar-refractivity contribution in [2.75, 3.05) is 12.1 Å². The Kier molecular flexibility index (Phi) is 4.69. The molecular formula is C26H26N2O3. The molecule has 1 aromatic heterocycles. The van der Waals surface area contributed by atoms with Gasteiger partial charge in [-0.1, -0.05) is 44.2 Å². The third-order valence-electron chi connectivity index (χ3n) is 6.33. The van der Waals surface area contributed by atoms with E-state index in [0.29, 0.717) is 17.5 Å². The van der Waals surface area contributed by atoms with Crippen LogP contribution in [0.2, 0.25) is 0 Å². The fraction of sp³-hybridized carbons (Fsp3) is 0.308. The average Bonchev–Trinajstić information content (AvgIpc) is 3.45. The highest BCUT2D eigenvalue weighted by molar-refractivity contribution is 6.01. The number of aromatic nitrogens is 1. The molecule has 5 rings (SSSR count). The largest absolute Gasteiger partial charge is 0.454 e. The van der Waals surface area contributed by atoms with E-state index in [1.165, 1.54) is 5.56 Å². The van der Waals surface area contributed by atoms with E-state index in [1.807, 2.05) is 37.3 Å². The summed E-state index contributed by atoms with van der Waals surface area (Å²) < 4.78 is 10.9. The van der Waals surface area contributed by atoms with Crippen molar-refractivity contribution in [2.45, 2.75) is 44.9 Å². The number of fused-ring (bicyclic) bond motifs is 1. The van der Waals surface area contributed by atoms with E-state index in [4.69, 9.17) is 9.47 Å². The maximum Gasteiger partial charge on any atom is 0.236 e. The summed E-state index contributed by atoms with van der Waals surface area (Å²) >= 11 is 0. The number of hydrogen-bond acceptors (Lipinski definition) is 4. The van der Waals surface area contributed by atoms with Crippen LogP contribution in [0.25, 0.3) is 11.1 Å². The fourth-order valence-corrected chi connectivity index (χ4v) is 4.19. The summed E-state index contributed by atoms with van der Waals surface area (Å²) in [6.45, 7) is 6.59. The molecule has 1 aliphatic heterocycles. The van der Waals surface area contributed by atoms with Gasteiger partial charge in [-0.2, -0.15) is 0 Å². The van der Waals surface area contributed by atoms with Crippen molar-refractivity contribution in [3.63, 3.8) is 0 Å². The first-order valence-corrected chi connectivity index (χ1v) is 10.8. The maximum atomic E-state index is 13.1. The Labute approximate surface area is 182 Å². The summed E-state index contributed by atoms with van der Waals surface area (Å²) in [7, 11) is 0. The number of ether oxygens (including phenoxy) is 2. The van der Waals surface area contributed by atoms with Gasteiger partial charge >= 0.3 is 0 Å². The molecule has 158 valence electrons. The standard InChI is InChI=1S/C26H26N2O3/c1-16(2)18-4-6-19(7-5-18)21-9-11-24(27-17(21)3)28-25(29)26(12-13-26)20-8-10-22-23(14-20)31-15-30-22/h4-11,14,16H,12-13,15H2,1-3H3,(H,27,28,29). The molecule has 1 N–H and O–H groups in total. The molecule has 3 aromatic rings. The lowest BCUT2D eigenvalue weighted by Crippen LogP contribution is -2.28. The molecule has 2 aromatic carbocycles. The number of hydrogen-bond donors (Lipinski definition) is 1. The van der Waals surface area contributed by atoms with Crippen molar-refractivity contribution in [1.29, 1.82) is 0 Å². The minimum atomic E-state index is -0.512. The van der Waals surface area contributed by atoms with Crippen molar-refractivity contribution in [3.8, 4) is 22.6 Å². The summed E-state index contributed by atoms with van der Waals surface area (Å²) in [4.78, 5) is 17.8. The molecule has 0 unspecified atom stereocenters. The van der Waals surface area contributed by atoms with Crippen molar-refractivity contribution in [3.05, 3.63) is 71.4 Å². The Balaban J connectivity index is 1.34. The molecule has 5 nitrogen and oxygen atoms in total. The molecule has 1 saturated carbocycles. The fourth-order valence-electron chi connectivity index (χ4n) is 4.19. The second-order valence-corrected chi connectivity index (χ2v) is 8.71. The predicted octanol–water partition coefficient (Wildman–Crippen LogP) is 5.58. The molecule has 0 radical (unpaired) electrons. The third-order valence-corrected chi connectivity index (χ3v) is 6.33. The van der Waals surface area contributed by atoms with Crippen LogP contribution in [0.5, 0.6) is 11.5 Å². The number of carbonyl (C=O) groups excluding carboxylic acids is 1. The van der Waals surface area contributed by atoms with E-state index in [9.17, 15) is 4.79 Å². The zero-order chi connectivity index (χ0) is 21.6. The van der Waals surface area contributed by atoms with Crippen LogP contribution in [0.15, 0.2) is 54.6 Å². The molecule has 5 heteroatoms. The molecule has 31 heavy (non-hydrogen) atoms. The molecular weight excluding hydrogens is 388 g/mol. The van der Waals surface area contributed by atoms with E-state index < -0.39 is 5.41 Å². The van der Waals surface area contributed by atoms with E-state index in [2.05, 4.69) is 48.4 Å². The zero-order valence-electron chi connectivity index (χ0n) is 18.1. The predicted molar refractivity (Wildman–Crippen MR) is 121 cm³/mol. The summed E-state index contributed by atoms with van der Waals surface area (Å²) in [5.74, 6) is 2.50. The monoisotopic (exact) mass is 414 g/mol. The maximum absolute atomic E-state index is 13.1. The number of aryl methyl sites for hydroxylation is 1. The lowest BCUT2D eigenvalue weighted by molar-refractivity contribution is -0.118. The molecule has 0 spiro atoms. The van der Waals surface area contributed by atoms with Gasteiger partial charge in [0.2, 0.25) is 12.7 Å². The number of nitrogens with one attached hydrogen (secondary N) is 1. The Morgan fingerprint density at radius 3 is 2.42 bits per heavy atom. The van der Waals surface area contributed by atoms with Crippen LogP contribution in [0.3, 0.4) is 0 Å². The first-order chi connectivity index (χ1) is 15.0. The van der Waals surface area contributed by atoms with Crippen LogP contribution in [0.1, 0.15) is 49.4 Å². The van der Waals surface area contributed by atoms with Gasteiger partial charge in [-0.15, -0.1) is 0 Å². The van der Waals surface area contributed by atoms with Crippen molar-refractivity contribution >= 4 is 11.7 Å². The van der Waals surface area contributed by atoms with E-state index in [0.717, 1.165) is 41.0 Å². The quantitative estimate of drug-likeness (QED) is 0.592. The summed E-state index contributed by atoms with van der Waals surface area (Å²) in [5.41, 5.74) is 4.87. The Morgan fingerprint density at radius 2 is 1.74 bits per heavy atom. The topological polar surface area (TPSA) is 60.5 Å². The van der Waals surface area contributed by atoms with Crippen LogP contribution >= 0.6 is 0 Å². The van der Waals surface area contributed by atoms with Crippen LogP contribution in [0.4, 0.5) is 5.82 Å². The minimum Gasteiger partial charge on any atom is -0.454 e. The molecule has 0 atom stereocenters. The Bertz CT molecular complexity index is 1150. The molecule has 0 saturated heterocycles. The SMILES string of the molecule is Cc1nc(NC(=O)C2(c3ccc4c(c3)OCO4)CC2)ccc1-c1ccc(C(C)C)cc1. The lowest BCUT2D eigenvalue weighted by Gasteiger charge is -2.17. The van der Waals surface area contributed by atoms with Gasteiger partial charge in [0, 0.05) is 11.3 Å². The second kappa shape index (κ2) is 7.41. The number of rotatable bonds is 5. The molecule has 1 aliphatic carbocycles. The molecule has 1 fully saturated rings. The summed E-state index contributed by atoms with van der Waals surface area (Å²) in [6.07, 6.45) is 1.63. The van der Waals surface area contributed by atoms with Gasteiger partial charge in [0.1, 0.15) is 5.82 Å². The zero-order valence-corrected chi connectivity index (χ0v) is 18.1. The summed E-state index contributed by atoms with van der Waals surface area (Å²) in [5, 5.41) is 3.03. The average molecular weight is 415 g/mol. The molecule has 0 bridgehead atoms. The number of pyridine rings is 1. The molecule has 1 amide bonds. The first kappa shape index (κ1) is 19.6. The summed E-state index contributed by atoms with van der Waals surface area (Å²) in [6, 6.07) is 18.3. The van der Waals surface area contributed by atoms with Crippen LogP contribution < -0.4 is 14.8 Å². The van der Waals surface area contributed by atoms with E-state index in [1.54, 1.807) is 0 Å². The number of anilines is 1. The highest BCUT2D eigenvalue weighted by atomic mass is 16.7. The minimum absolute atomic E-state index is 0.0210. The van der Waals surface area contributed by atoms with Crippen molar-refractivity contribution < 1.29 is 14.3 Å². The van der Waals surface area contributed by atoms with Crippen molar-refractivity contribution in [2.24, 2.45) is 0 Å². The second-order valence-electron chi connectivity index (χ2n) is 8.71. The van der Waals surface area contributed by atoms with Gasteiger partial charge in [0.15, 0.2) is 11.5 Å². The van der Waals surface area contributed by atoms with Gasteiger partial charge in [-0.05, 0) is 66.6 Å². The van der Waals surface area contributed by atoms with Crippen LogP contribution in [-0.2, 0) is 10.2 Å². The normalized spacial score (nSPS) is 15.7. The van der Waals surface area contributed by atoms with Crippen LogP contribution in [-0.4, -0.2) is 17.7 Å². The number of nitrogens with zero attached hydrogens (tertiary/aromatic N) is 1. The first-order valence-electron chi connectivity index (χ1n) is 10.8. The Hall–Kier alpha value is -3.34. The molecule has 2 heterocycles. The number of carbonyl (C=O) groups is 1. The number of amides is 1.